The Morgan fingerprint density at radius 1 is 1.27 bits per heavy atom. The van der Waals surface area contributed by atoms with E-state index in [4.69, 9.17) is 4.74 Å². The molecule has 1 amide bonds. The molecule has 4 rings (SSSR count). The minimum Gasteiger partial charge on any atom is -0.438 e. The zero-order chi connectivity index (χ0) is 17.9. The highest BCUT2D eigenvalue weighted by molar-refractivity contribution is 5.78. The number of fused-ring (bicyclic) bond motifs is 2. The molecule has 2 aromatic rings. The summed E-state index contributed by atoms with van der Waals surface area (Å²) in [5.41, 5.74) is 1.93. The summed E-state index contributed by atoms with van der Waals surface area (Å²) in [4.78, 5) is 19.0. The second kappa shape index (κ2) is 7.46. The molecule has 1 aromatic heterocycles. The van der Waals surface area contributed by atoms with Gasteiger partial charge in [0.25, 0.3) is 0 Å². The highest BCUT2D eigenvalue weighted by atomic mass is 16.5. The van der Waals surface area contributed by atoms with E-state index in [0.717, 1.165) is 29.3 Å². The number of ether oxygens (including phenoxy) is 1. The maximum atomic E-state index is 12.4. The van der Waals surface area contributed by atoms with Crippen molar-refractivity contribution in [2.75, 3.05) is 13.1 Å². The molecule has 5 heteroatoms. The summed E-state index contributed by atoms with van der Waals surface area (Å²) in [6.45, 7) is 4.00. The normalized spacial score (nSPS) is 21.7. The Morgan fingerprint density at radius 2 is 2.15 bits per heavy atom. The van der Waals surface area contributed by atoms with Crippen LogP contribution in [-0.2, 0) is 11.3 Å². The van der Waals surface area contributed by atoms with Crippen LogP contribution in [0.3, 0.4) is 0 Å². The quantitative estimate of drug-likeness (QED) is 0.868. The number of aryl methyl sites for hydroxylation is 1. The van der Waals surface area contributed by atoms with Crippen LogP contribution in [-0.4, -0.2) is 34.9 Å². The molecule has 0 unspecified atom stereocenters. The molecule has 2 heterocycles. The van der Waals surface area contributed by atoms with Crippen molar-refractivity contribution in [3.05, 3.63) is 53.7 Å². The number of amides is 1. The Labute approximate surface area is 154 Å². The number of carbonyl (C=O) groups is 1. The molecule has 136 valence electrons. The number of para-hydroxylation sites is 1. The Balaban J connectivity index is 1.36. The highest BCUT2D eigenvalue weighted by Gasteiger charge is 2.38. The van der Waals surface area contributed by atoms with Crippen molar-refractivity contribution in [3.8, 4) is 11.6 Å². The third kappa shape index (κ3) is 3.73. The minimum absolute atomic E-state index is 0.0724. The monoisotopic (exact) mass is 351 g/mol. The number of piperidine rings is 1. The Kier molecular flexibility index (Phi) is 4.89. The highest BCUT2D eigenvalue weighted by Crippen LogP contribution is 2.36. The van der Waals surface area contributed by atoms with Gasteiger partial charge in [-0.2, -0.15) is 0 Å². The van der Waals surface area contributed by atoms with Crippen molar-refractivity contribution in [1.82, 2.24) is 15.2 Å². The summed E-state index contributed by atoms with van der Waals surface area (Å²) >= 11 is 0. The average molecular weight is 351 g/mol. The van der Waals surface area contributed by atoms with Crippen LogP contribution in [0.15, 0.2) is 42.6 Å². The molecule has 0 radical (unpaired) electrons. The molecule has 5 nitrogen and oxygen atoms in total. The first-order valence-corrected chi connectivity index (χ1v) is 9.37. The van der Waals surface area contributed by atoms with Crippen LogP contribution in [0.5, 0.6) is 11.6 Å². The van der Waals surface area contributed by atoms with E-state index in [0.29, 0.717) is 25.0 Å². The van der Waals surface area contributed by atoms with Gasteiger partial charge in [0.05, 0.1) is 6.54 Å². The van der Waals surface area contributed by atoms with E-state index in [1.807, 2.05) is 43.3 Å². The molecule has 2 atom stereocenters. The fraction of sp³-hybridized carbons (Fsp3) is 0.429. The molecule has 1 aromatic carbocycles. The van der Waals surface area contributed by atoms with Gasteiger partial charge in [-0.3, -0.25) is 9.69 Å². The summed E-state index contributed by atoms with van der Waals surface area (Å²) in [6, 6.07) is 12.3. The van der Waals surface area contributed by atoms with E-state index in [1.54, 1.807) is 6.20 Å². The SMILES string of the molecule is Cc1ccccc1Oc1ncccc1CNC(=O)CN1C[C@H]2CC[C@@H]1C2. The van der Waals surface area contributed by atoms with Crippen LogP contribution in [0.1, 0.15) is 30.4 Å². The van der Waals surface area contributed by atoms with E-state index in [9.17, 15) is 4.79 Å². The van der Waals surface area contributed by atoms with Crippen molar-refractivity contribution in [3.63, 3.8) is 0 Å². The molecule has 0 spiro atoms. The van der Waals surface area contributed by atoms with Crippen molar-refractivity contribution < 1.29 is 9.53 Å². The van der Waals surface area contributed by atoms with Crippen LogP contribution in [0.4, 0.5) is 0 Å². The van der Waals surface area contributed by atoms with Gasteiger partial charge in [0, 0.05) is 30.9 Å². The number of likely N-dealkylation sites (tertiary alicyclic amines) is 1. The molecule has 2 bridgehead atoms. The van der Waals surface area contributed by atoms with Crippen molar-refractivity contribution in [2.45, 2.75) is 38.8 Å². The second-order valence-electron chi connectivity index (χ2n) is 7.37. The summed E-state index contributed by atoms with van der Waals surface area (Å²) in [6.07, 6.45) is 5.55. The molecule has 1 aliphatic heterocycles. The van der Waals surface area contributed by atoms with E-state index in [2.05, 4.69) is 15.2 Å². The predicted octanol–water partition coefficient (Wildman–Crippen LogP) is 3.28. The fourth-order valence-electron chi connectivity index (χ4n) is 4.08. The molecule has 2 fully saturated rings. The number of rotatable bonds is 6. The second-order valence-corrected chi connectivity index (χ2v) is 7.37. The summed E-state index contributed by atoms with van der Waals surface area (Å²) in [7, 11) is 0. The molecule has 1 aliphatic carbocycles. The minimum atomic E-state index is 0.0724. The van der Waals surface area contributed by atoms with Gasteiger partial charge in [-0.15, -0.1) is 0 Å². The van der Waals surface area contributed by atoms with E-state index >= 15 is 0 Å². The van der Waals surface area contributed by atoms with Gasteiger partial charge in [-0.25, -0.2) is 4.98 Å². The van der Waals surface area contributed by atoms with Gasteiger partial charge in [0.2, 0.25) is 11.8 Å². The Morgan fingerprint density at radius 3 is 2.92 bits per heavy atom. The lowest BCUT2D eigenvalue weighted by Gasteiger charge is -2.25. The maximum Gasteiger partial charge on any atom is 0.234 e. The zero-order valence-corrected chi connectivity index (χ0v) is 15.1. The predicted molar refractivity (Wildman–Crippen MR) is 100 cm³/mol. The number of aromatic nitrogens is 1. The first kappa shape index (κ1) is 17.0. The van der Waals surface area contributed by atoms with Crippen LogP contribution >= 0.6 is 0 Å². The third-order valence-electron chi connectivity index (χ3n) is 5.50. The van der Waals surface area contributed by atoms with Crippen LogP contribution < -0.4 is 10.1 Å². The number of hydrogen-bond donors (Lipinski definition) is 1. The number of nitrogens with one attached hydrogen (secondary N) is 1. The zero-order valence-electron chi connectivity index (χ0n) is 15.1. The number of nitrogens with zero attached hydrogens (tertiary/aromatic N) is 2. The maximum absolute atomic E-state index is 12.4. The number of hydrogen-bond acceptors (Lipinski definition) is 4. The topological polar surface area (TPSA) is 54.5 Å². The van der Waals surface area contributed by atoms with Crippen molar-refractivity contribution in [2.24, 2.45) is 5.92 Å². The molecule has 26 heavy (non-hydrogen) atoms. The molecule has 2 aliphatic rings. The number of carbonyl (C=O) groups excluding carboxylic acids is 1. The molecule has 1 N–H and O–H groups in total. The summed E-state index contributed by atoms with van der Waals surface area (Å²) in [5, 5.41) is 3.03. The standard InChI is InChI=1S/C21H25N3O2/c1-15-5-2-3-7-19(15)26-21-17(6-4-10-22-21)12-23-20(25)14-24-13-16-8-9-18(24)11-16/h2-7,10,16,18H,8-9,11-14H2,1H3,(H,23,25)/t16-,18+/m0/s1. The first-order valence-electron chi connectivity index (χ1n) is 9.37. The van der Waals surface area contributed by atoms with E-state index in [1.165, 1.54) is 19.3 Å². The largest absolute Gasteiger partial charge is 0.438 e. The lowest BCUT2D eigenvalue weighted by Crippen LogP contribution is -2.41. The van der Waals surface area contributed by atoms with Crippen molar-refractivity contribution >= 4 is 5.91 Å². The number of pyridine rings is 1. The van der Waals surface area contributed by atoms with Gasteiger partial charge < -0.3 is 10.1 Å². The summed E-state index contributed by atoms with van der Waals surface area (Å²) < 4.78 is 5.97. The fourth-order valence-corrected chi connectivity index (χ4v) is 4.08. The molecule has 1 saturated carbocycles. The Hall–Kier alpha value is -2.40. The van der Waals surface area contributed by atoms with Gasteiger partial charge in [-0.05, 0) is 49.8 Å². The molecular formula is C21H25N3O2. The Bertz CT molecular complexity index is 792. The summed E-state index contributed by atoms with van der Waals surface area (Å²) in [5.74, 6) is 2.21. The lowest BCUT2D eigenvalue weighted by atomic mass is 10.1. The van der Waals surface area contributed by atoms with Crippen LogP contribution in [0.25, 0.3) is 0 Å². The van der Waals surface area contributed by atoms with Gasteiger partial charge in [0.1, 0.15) is 5.75 Å². The van der Waals surface area contributed by atoms with E-state index < -0.39 is 0 Å². The van der Waals surface area contributed by atoms with Gasteiger partial charge >= 0.3 is 0 Å². The molecular weight excluding hydrogens is 326 g/mol. The number of benzene rings is 1. The van der Waals surface area contributed by atoms with Crippen molar-refractivity contribution in [1.29, 1.82) is 0 Å². The average Bonchev–Trinajstić information content (AvgIpc) is 3.26. The van der Waals surface area contributed by atoms with Gasteiger partial charge in [-0.1, -0.05) is 24.3 Å². The molecule has 1 saturated heterocycles. The third-order valence-corrected chi connectivity index (χ3v) is 5.50. The van der Waals surface area contributed by atoms with Crippen LogP contribution in [0, 0.1) is 12.8 Å². The van der Waals surface area contributed by atoms with Gasteiger partial charge in [0.15, 0.2) is 0 Å². The first-order chi connectivity index (χ1) is 12.7. The lowest BCUT2D eigenvalue weighted by molar-refractivity contribution is -0.122. The smallest absolute Gasteiger partial charge is 0.234 e. The van der Waals surface area contributed by atoms with Crippen LogP contribution in [0.2, 0.25) is 0 Å². The van der Waals surface area contributed by atoms with E-state index in [-0.39, 0.29) is 5.91 Å².